The van der Waals surface area contributed by atoms with Crippen molar-refractivity contribution in [2.24, 2.45) is 0 Å². The van der Waals surface area contributed by atoms with E-state index in [1.807, 2.05) is 31.2 Å². The maximum atomic E-state index is 12.2. The van der Waals surface area contributed by atoms with Gasteiger partial charge in [-0.3, -0.25) is 9.59 Å². The van der Waals surface area contributed by atoms with Gasteiger partial charge < -0.3 is 19.7 Å². The first-order valence-corrected chi connectivity index (χ1v) is 8.69. The van der Waals surface area contributed by atoms with Crippen molar-refractivity contribution in [3.63, 3.8) is 0 Å². The highest BCUT2D eigenvalue weighted by Crippen LogP contribution is 2.34. The van der Waals surface area contributed by atoms with Crippen molar-refractivity contribution < 1.29 is 19.1 Å². The van der Waals surface area contributed by atoms with Crippen LogP contribution in [0.25, 0.3) is 0 Å². The normalized spacial score (nSPS) is 13.0. The molecule has 1 aliphatic rings. The lowest BCUT2D eigenvalue weighted by molar-refractivity contribution is -0.121. The zero-order valence-electron chi connectivity index (χ0n) is 15.0. The third-order valence-corrected chi connectivity index (χ3v) is 4.18. The first-order chi connectivity index (χ1) is 12.6. The van der Waals surface area contributed by atoms with Gasteiger partial charge in [0.1, 0.15) is 11.5 Å². The number of nitrogens with one attached hydrogen (secondary N) is 1. The van der Waals surface area contributed by atoms with E-state index in [1.54, 1.807) is 23.1 Å². The van der Waals surface area contributed by atoms with E-state index in [2.05, 4.69) is 12.2 Å². The van der Waals surface area contributed by atoms with Gasteiger partial charge in [-0.15, -0.1) is 0 Å². The van der Waals surface area contributed by atoms with Gasteiger partial charge in [-0.05, 0) is 49.2 Å². The summed E-state index contributed by atoms with van der Waals surface area (Å²) in [6.45, 7) is 4.46. The van der Waals surface area contributed by atoms with Crippen molar-refractivity contribution in [1.29, 1.82) is 0 Å². The number of fused-ring (bicyclic) bond motifs is 1. The van der Waals surface area contributed by atoms with Crippen LogP contribution in [0.4, 0.5) is 11.4 Å². The van der Waals surface area contributed by atoms with Crippen LogP contribution in [0.3, 0.4) is 0 Å². The summed E-state index contributed by atoms with van der Waals surface area (Å²) in [6, 6.07) is 12.9. The number of rotatable bonds is 6. The number of hydrogen-bond acceptors (Lipinski definition) is 4. The zero-order chi connectivity index (χ0) is 18.5. The number of anilines is 2. The van der Waals surface area contributed by atoms with Crippen LogP contribution >= 0.6 is 0 Å². The van der Waals surface area contributed by atoms with Crippen molar-refractivity contribution in [2.75, 3.05) is 30.0 Å². The second-order valence-electron chi connectivity index (χ2n) is 5.95. The van der Waals surface area contributed by atoms with Crippen molar-refractivity contribution in [3.05, 3.63) is 48.0 Å². The molecule has 0 fully saturated rings. The topological polar surface area (TPSA) is 67.9 Å². The number of carbonyl (C=O) groups excluding carboxylic acids is 2. The Morgan fingerprint density at radius 3 is 2.85 bits per heavy atom. The molecule has 2 amide bonds. The van der Waals surface area contributed by atoms with Crippen LogP contribution < -0.4 is 19.7 Å². The van der Waals surface area contributed by atoms with Gasteiger partial charge in [-0.25, -0.2) is 0 Å². The number of nitrogens with zero attached hydrogens (tertiary/aromatic N) is 1. The molecule has 6 nitrogen and oxygen atoms in total. The van der Waals surface area contributed by atoms with Crippen LogP contribution in [0.5, 0.6) is 11.5 Å². The lowest BCUT2D eigenvalue weighted by Gasteiger charge is -2.28. The summed E-state index contributed by atoms with van der Waals surface area (Å²) in [6.07, 6.45) is 0.910. The highest BCUT2D eigenvalue weighted by molar-refractivity contribution is 5.99. The van der Waals surface area contributed by atoms with Gasteiger partial charge in [-0.1, -0.05) is 19.1 Å². The van der Waals surface area contributed by atoms with Crippen LogP contribution in [0.15, 0.2) is 42.5 Å². The average Bonchev–Trinajstić information content (AvgIpc) is 2.66. The number of benzene rings is 2. The molecule has 1 heterocycles. The molecule has 0 radical (unpaired) electrons. The Kier molecular flexibility index (Phi) is 5.41. The maximum Gasteiger partial charge on any atom is 0.265 e. The minimum Gasteiger partial charge on any atom is -0.484 e. The number of likely N-dealkylation sites (N-methyl/N-ethyl adjacent to an activating group) is 1. The molecule has 0 saturated heterocycles. The summed E-state index contributed by atoms with van der Waals surface area (Å²) in [5.41, 5.74) is 2.41. The summed E-state index contributed by atoms with van der Waals surface area (Å²) in [4.78, 5) is 25.7. The second-order valence-corrected chi connectivity index (χ2v) is 5.95. The van der Waals surface area contributed by atoms with E-state index in [0.29, 0.717) is 29.4 Å². The van der Waals surface area contributed by atoms with Crippen LogP contribution in [0, 0.1) is 0 Å². The molecule has 0 saturated carbocycles. The number of hydrogen-bond donors (Lipinski definition) is 1. The van der Waals surface area contributed by atoms with Crippen LogP contribution in [-0.2, 0) is 16.0 Å². The monoisotopic (exact) mass is 354 g/mol. The Bertz CT molecular complexity index is 819. The van der Waals surface area contributed by atoms with E-state index in [0.717, 1.165) is 12.0 Å². The summed E-state index contributed by atoms with van der Waals surface area (Å²) in [5, 5.41) is 2.79. The molecule has 0 aromatic heterocycles. The molecule has 0 unspecified atom stereocenters. The van der Waals surface area contributed by atoms with E-state index in [9.17, 15) is 9.59 Å². The molecule has 2 aromatic carbocycles. The molecule has 6 heteroatoms. The first-order valence-electron chi connectivity index (χ1n) is 8.69. The van der Waals surface area contributed by atoms with Gasteiger partial charge in [-0.2, -0.15) is 0 Å². The average molecular weight is 354 g/mol. The summed E-state index contributed by atoms with van der Waals surface area (Å²) in [7, 11) is 0. The minimum atomic E-state index is -0.266. The van der Waals surface area contributed by atoms with Gasteiger partial charge >= 0.3 is 0 Å². The van der Waals surface area contributed by atoms with Crippen LogP contribution in [0.1, 0.15) is 19.4 Å². The fraction of sp³-hybridized carbons (Fsp3) is 0.300. The third-order valence-electron chi connectivity index (χ3n) is 4.18. The molecular formula is C20H22N2O4. The van der Waals surface area contributed by atoms with E-state index in [-0.39, 0.29) is 25.0 Å². The van der Waals surface area contributed by atoms with Crippen molar-refractivity contribution in [2.45, 2.75) is 20.3 Å². The molecule has 0 aliphatic carbocycles. The molecule has 136 valence electrons. The van der Waals surface area contributed by atoms with Gasteiger partial charge in [0.25, 0.3) is 11.8 Å². The first kappa shape index (κ1) is 17.8. The number of aryl methyl sites for hydroxylation is 1. The quantitative estimate of drug-likeness (QED) is 0.866. The summed E-state index contributed by atoms with van der Waals surface area (Å²) >= 11 is 0. The van der Waals surface area contributed by atoms with Crippen molar-refractivity contribution in [1.82, 2.24) is 0 Å². The summed E-state index contributed by atoms with van der Waals surface area (Å²) < 4.78 is 11.0. The fourth-order valence-corrected chi connectivity index (χ4v) is 2.83. The fourth-order valence-electron chi connectivity index (χ4n) is 2.83. The Morgan fingerprint density at radius 2 is 2.08 bits per heavy atom. The Morgan fingerprint density at radius 1 is 1.23 bits per heavy atom. The van der Waals surface area contributed by atoms with Crippen molar-refractivity contribution in [3.8, 4) is 11.5 Å². The summed E-state index contributed by atoms with van der Waals surface area (Å²) in [5.74, 6) is 0.943. The predicted molar refractivity (Wildman–Crippen MR) is 99.9 cm³/mol. The highest BCUT2D eigenvalue weighted by atomic mass is 16.5. The van der Waals surface area contributed by atoms with Gasteiger partial charge in [0.15, 0.2) is 13.2 Å². The van der Waals surface area contributed by atoms with E-state index >= 15 is 0 Å². The predicted octanol–water partition coefficient (Wildman–Crippen LogP) is 3.01. The molecule has 3 rings (SSSR count). The molecular weight excluding hydrogens is 332 g/mol. The lowest BCUT2D eigenvalue weighted by atomic mass is 10.2. The van der Waals surface area contributed by atoms with Gasteiger partial charge in [0.05, 0.1) is 5.69 Å². The van der Waals surface area contributed by atoms with E-state index < -0.39 is 0 Å². The highest BCUT2D eigenvalue weighted by Gasteiger charge is 2.24. The number of amides is 2. The molecule has 1 aliphatic heterocycles. The third kappa shape index (κ3) is 3.96. The number of carbonyl (C=O) groups is 2. The zero-order valence-corrected chi connectivity index (χ0v) is 15.0. The van der Waals surface area contributed by atoms with Crippen molar-refractivity contribution >= 4 is 23.2 Å². The largest absolute Gasteiger partial charge is 0.484 e. The molecule has 26 heavy (non-hydrogen) atoms. The molecule has 2 aromatic rings. The molecule has 0 atom stereocenters. The smallest absolute Gasteiger partial charge is 0.265 e. The van der Waals surface area contributed by atoms with Crippen LogP contribution in [0.2, 0.25) is 0 Å². The lowest BCUT2D eigenvalue weighted by Crippen LogP contribution is -2.38. The van der Waals surface area contributed by atoms with E-state index in [1.165, 1.54) is 0 Å². The van der Waals surface area contributed by atoms with Gasteiger partial charge in [0.2, 0.25) is 0 Å². The van der Waals surface area contributed by atoms with Crippen LogP contribution in [-0.4, -0.2) is 31.6 Å². The standard InChI is InChI=1S/C20H22N2O4/c1-3-14-6-5-7-16(10-14)25-12-19(23)21-15-8-9-18-17(11-15)22(4-2)20(24)13-26-18/h5-11H,3-4,12-13H2,1-2H3,(H,21,23). The van der Waals surface area contributed by atoms with Gasteiger partial charge in [0, 0.05) is 12.2 Å². The Balaban J connectivity index is 1.64. The maximum absolute atomic E-state index is 12.2. The van der Waals surface area contributed by atoms with E-state index in [4.69, 9.17) is 9.47 Å². The minimum absolute atomic E-state index is 0.0389. The second kappa shape index (κ2) is 7.91. The SMILES string of the molecule is CCc1cccc(OCC(=O)Nc2ccc3c(c2)N(CC)C(=O)CO3)c1. The Labute approximate surface area is 152 Å². The molecule has 0 bridgehead atoms. The molecule has 0 spiro atoms. The Hall–Kier alpha value is -3.02. The number of ether oxygens (including phenoxy) is 2. The molecule has 1 N–H and O–H groups in total.